The van der Waals surface area contributed by atoms with Crippen LogP contribution in [0.5, 0.6) is 0 Å². The quantitative estimate of drug-likeness (QED) is 0.362. The molecule has 5 rings (SSSR count). The molecule has 0 aromatic heterocycles. The molecule has 1 aliphatic carbocycles. The normalized spacial score (nSPS) is 16.1. The summed E-state index contributed by atoms with van der Waals surface area (Å²) in [6, 6.07) is 18.6. The standard InChI is InChI=1S/C31H34ClN3O3/c1-21(30(37)33-24-13-3-2-4-14-24)35(20-23-10-5-6-16-26(23)32)28(36)18-9-19-34-27-17-8-12-22-11-7-15-25(29(22)27)31(34)38/h5-8,10-12,15-17,21,24H,2-4,9,13-14,18-20H2,1H3,(H,33,37)/t21-/m0/s1. The van der Waals surface area contributed by atoms with Crippen LogP contribution in [0.15, 0.2) is 60.7 Å². The molecule has 3 amide bonds. The fourth-order valence-corrected chi connectivity index (χ4v) is 5.89. The summed E-state index contributed by atoms with van der Waals surface area (Å²) < 4.78 is 0. The molecule has 7 heteroatoms. The van der Waals surface area contributed by atoms with Gasteiger partial charge in [-0.15, -0.1) is 0 Å². The van der Waals surface area contributed by atoms with Gasteiger partial charge < -0.3 is 15.1 Å². The van der Waals surface area contributed by atoms with E-state index in [1.165, 1.54) is 6.42 Å². The first kappa shape index (κ1) is 26.2. The van der Waals surface area contributed by atoms with Gasteiger partial charge in [-0.2, -0.15) is 0 Å². The topological polar surface area (TPSA) is 69.7 Å². The van der Waals surface area contributed by atoms with Crippen LogP contribution in [0.3, 0.4) is 0 Å². The number of carbonyl (C=O) groups is 3. The fraction of sp³-hybridized carbons (Fsp3) is 0.387. The minimum Gasteiger partial charge on any atom is -0.352 e. The van der Waals surface area contributed by atoms with Gasteiger partial charge in [-0.05, 0) is 55.3 Å². The molecule has 1 aliphatic heterocycles. The SMILES string of the molecule is C[C@@H](C(=O)NC1CCCCC1)N(Cc1ccccc1Cl)C(=O)CCCN1C(=O)c2cccc3cccc1c23. The third-order valence-electron chi connectivity index (χ3n) is 7.84. The first-order valence-electron chi connectivity index (χ1n) is 13.6. The van der Waals surface area contributed by atoms with Gasteiger partial charge in [-0.1, -0.05) is 73.3 Å². The third kappa shape index (κ3) is 5.41. The highest BCUT2D eigenvalue weighted by atomic mass is 35.5. The van der Waals surface area contributed by atoms with Gasteiger partial charge in [0.15, 0.2) is 0 Å². The Hall–Kier alpha value is -3.38. The molecular weight excluding hydrogens is 498 g/mol. The first-order valence-corrected chi connectivity index (χ1v) is 14.0. The van der Waals surface area contributed by atoms with E-state index >= 15 is 0 Å². The molecule has 0 saturated heterocycles. The second kappa shape index (κ2) is 11.6. The third-order valence-corrected chi connectivity index (χ3v) is 8.21. The largest absolute Gasteiger partial charge is 0.352 e. The van der Waals surface area contributed by atoms with E-state index in [2.05, 4.69) is 5.32 Å². The molecule has 0 bridgehead atoms. The van der Waals surface area contributed by atoms with Crippen molar-refractivity contribution < 1.29 is 14.4 Å². The van der Waals surface area contributed by atoms with Crippen LogP contribution in [-0.2, 0) is 16.1 Å². The van der Waals surface area contributed by atoms with E-state index in [1.54, 1.807) is 22.8 Å². The zero-order chi connectivity index (χ0) is 26.6. The van der Waals surface area contributed by atoms with Gasteiger partial charge in [0.2, 0.25) is 11.8 Å². The molecule has 0 radical (unpaired) electrons. The Bertz CT molecular complexity index is 1350. The number of anilines is 1. The molecule has 1 saturated carbocycles. The van der Waals surface area contributed by atoms with Gasteiger partial charge in [0, 0.05) is 41.5 Å². The van der Waals surface area contributed by atoms with Crippen LogP contribution in [0.4, 0.5) is 5.69 Å². The Morgan fingerprint density at radius 2 is 1.76 bits per heavy atom. The number of hydrogen-bond donors (Lipinski definition) is 1. The van der Waals surface area contributed by atoms with E-state index in [-0.39, 0.29) is 36.7 Å². The Morgan fingerprint density at radius 3 is 2.53 bits per heavy atom. The van der Waals surface area contributed by atoms with Crippen LogP contribution in [0.25, 0.3) is 10.8 Å². The van der Waals surface area contributed by atoms with E-state index < -0.39 is 6.04 Å². The lowest BCUT2D eigenvalue weighted by molar-refractivity contribution is -0.141. The average Bonchev–Trinajstić information content (AvgIpc) is 3.21. The highest BCUT2D eigenvalue weighted by Crippen LogP contribution is 2.37. The number of halogens is 1. The first-order chi connectivity index (χ1) is 18.4. The number of amides is 3. The Morgan fingerprint density at radius 1 is 1.03 bits per heavy atom. The van der Waals surface area contributed by atoms with E-state index in [9.17, 15) is 14.4 Å². The molecule has 198 valence electrons. The maximum atomic E-state index is 13.6. The number of carbonyl (C=O) groups excluding carboxylic acids is 3. The Balaban J connectivity index is 1.27. The highest BCUT2D eigenvalue weighted by molar-refractivity contribution is 6.31. The van der Waals surface area contributed by atoms with Crippen LogP contribution in [0, 0.1) is 0 Å². The number of benzene rings is 3. The van der Waals surface area contributed by atoms with Crippen LogP contribution in [-0.4, -0.2) is 41.2 Å². The zero-order valence-corrected chi connectivity index (χ0v) is 22.5. The summed E-state index contributed by atoms with van der Waals surface area (Å²) in [5.41, 5.74) is 2.40. The predicted octanol–water partition coefficient (Wildman–Crippen LogP) is 6.10. The van der Waals surface area contributed by atoms with Crippen molar-refractivity contribution in [1.82, 2.24) is 10.2 Å². The lowest BCUT2D eigenvalue weighted by Gasteiger charge is -2.31. The summed E-state index contributed by atoms with van der Waals surface area (Å²) in [4.78, 5) is 43.3. The monoisotopic (exact) mass is 531 g/mol. The summed E-state index contributed by atoms with van der Waals surface area (Å²) in [5.74, 6) is -0.287. The summed E-state index contributed by atoms with van der Waals surface area (Å²) in [6.45, 7) is 2.47. The van der Waals surface area contributed by atoms with Crippen molar-refractivity contribution in [2.45, 2.75) is 70.5 Å². The van der Waals surface area contributed by atoms with Crippen molar-refractivity contribution in [1.29, 1.82) is 0 Å². The summed E-state index contributed by atoms with van der Waals surface area (Å²) in [6.07, 6.45) is 6.12. The van der Waals surface area contributed by atoms with E-state index in [0.717, 1.165) is 47.7 Å². The minimum absolute atomic E-state index is 0.0302. The van der Waals surface area contributed by atoms with Crippen molar-refractivity contribution in [3.63, 3.8) is 0 Å². The molecule has 2 aliphatic rings. The van der Waals surface area contributed by atoms with E-state index in [0.29, 0.717) is 23.6 Å². The van der Waals surface area contributed by atoms with Gasteiger partial charge in [-0.25, -0.2) is 0 Å². The van der Waals surface area contributed by atoms with Gasteiger partial charge >= 0.3 is 0 Å². The van der Waals surface area contributed by atoms with Crippen molar-refractivity contribution in [3.05, 3.63) is 76.8 Å². The lowest BCUT2D eigenvalue weighted by atomic mass is 9.95. The summed E-state index contributed by atoms with van der Waals surface area (Å²) in [5, 5.41) is 5.74. The minimum atomic E-state index is -0.632. The summed E-state index contributed by atoms with van der Waals surface area (Å²) >= 11 is 6.42. The molecule has 0 spiro atoms. The molecule has 38 heavy (non-hydrogen) atoms. The lowest BCUT2D eigenvalue weighted by Crippen LogP contribution is -2.50. The number of nitrogens with one attached hydrogen (secondary N) is 1. The second-order valence-electron chi connectivity index (χ2n) is 10.4. The zero-order valence-electron chi connectivity index (χ0n) is 21.8. The molecule has 1 N–H and O–H groups in total. The van der Waals surface area contributed by atoms with Crippen molar-refractivity contribution in [2.75, 3.05) is 11.4 Å². The maximum absolute atomic E-state index is 13.6. The average molecular weight is 532 g/mol. The Labute approximate surface area is 228 Å². The number of hydrogen-bond acceptors (Lipinski definition) is 3. The van der Waals surface area contributed by atoms with Crippen molar-refractivity contribution >= 4 is 45.8 Å². The van der Waals surface area contributed by atoms with Crippen LogP contribution in [0.1, 0.15) is 67.8 Å². The van der Waals surface area contributed by atoms with Gasteiger partial charge in [0.1, 0.15) is 6.04 Å². The molecule has 3 aromatic carbocycles. The number of nitrogens with zero attached hydrogens (tertiary/aromatic N) is 2. The van der Waals surface area contributed by atoms with Crippen LogP contribution in [0.2, 0.25) is 5.02 Å². The van der Waals surface area contributed by atoms with Crippen LogP contribution >= 0.6 is 11.6 Å². The smallest absolute Gasteiger partial charge is 0.258 e. The van der Waals surface area contributed by atoms with Gasteiger partial charge in [-0.3, -0.25) is 14.4 Å². The van der Waals surface area contributed by atoms with Crippen molar-refractivity contribution in [2.24, 2.45) is 0 Å². The molecule has 0 unspecified atom stereocenters. The maximum Gasteiger partial charge on any atom is 0.258 e. The summed E-state index contributed by atoms with van der Waals surface area (Å²) in [7, 11) is 0. The molecule has 1 fully saturated rings. The molecule has 1 heterocycles. The second-order valence-corrected chi connectivity index (χ2v) is 10.8. The highest BCUT2D eigenvalue weighted by Gasteiger charge is 2.31. The van der Waals surface area contributed by atoms with Gasteiger partial charge in [0.25, 0.3) is 5.91 Å². The fourth-order valence-electron chi connectivity index (χ4n) is 5.69. The van der Waals surface area contributed by atoms with Crippen molar-refractivity contribution in [3.8, 4) is 0 Å². The molecular formula is C31H34ClN3O3. The van der Waals surface area contributed by atoms with Gasteiger partial charge in [0.05, 0.1) is 5.69 Å². The van der Waals surface area contributed by atoms with Crippen LogP contribution < -0.4 is 10.2 Å². The van der Waals surface area contributed by atoms with E-state index in [4.69, 9.17) is 11.6 Å². The predicted molar refractivity (Wildman–Crippen MR) is 151 cm³/mol. The van der Waals surface area contributed by atoms with E-state index in [1.807, 2.05) is 54.6 Å². The molecule has 3 aromatic rings. The number of rotatable bonds is 9. The molecule has 6 nitrogen and oxygen atoms in total. The molecule has 1 atom stereocenters. The Kier molecular flexibility index (Phi) is 7.98.